The third kappa shape index (κ3) is 4.97. The Kier molecular flexibility index (Phi) is 5.94. The molecular formula is C23H28N2O2. The van der Waals surface area contributed by atoms with Crippen LogP contribution in [0.25, 0.3) is 0 Å². The van der Waals surface area contributed by atoms with Crippen LogP contribution in [-0.4, -0.2) is 29.8 Å². The first kappa shape index (κ1) is 19.2. The molecule has 142 valence electrons. The van der Waals surface area contributed by atoms with Gasteiger partial charge in [0.05, 0.1) is 6.42 Å². The fourth-order valence-corrected chi connectivity index (χ4v) is 3.49. The number of likely N-dealkylation sites (tertiary alicyclic amines) is 1. The van der Waals surface area contributed by atoms with Gasteiger partial charge in [-0.3, -0.25) is 9.59 Å². The van der Waals surface area contributed by atoms with Gasteiger partial charge in [-0.1, -0.05) is 42.0 Å². The summed E-state index contributed by atoms with van der Waals surface area (Å²) in [6, 6.07) is 14.2. The predicted molar refractivity (Wildman–Crippen MR) is 109 cm³/mol. The number of piperidine rings is 1. The van der Waals surface area contributed by atoms with Crippen LogP contribution in [0.2, 0.25) is 0 Å². The molecule has 2 aromatic rings. The van der Waals surface area contributed by atoms with E-state index < -0.39 is 0 Å². The highest BCUT2D eigenvalue weighted by atomic mass is 16.2. The number of carbonyl (C=O) groups excluding carboxylic acids is 2. The molecule has 0 aliphatic carbocycles. The molecule has 0 atom stereocenters. The number of aryl methyl sites for hydroxylation is 3. The van der Waals surface area contributed by atoms with Crippen molar-refractivity contribution < 1.29 is 9.59 Å². The van der Waals surface area contributed by atoms with Crippen LogP contribution in [0.4, 0.5) is 5.69 Å². The molecule has 0 unspecified atom stereocenters. The first-order valence-electron chi connectivity index (χ1n) is 9.64. The molecule has 1 fully saturated rings. The van der Waals surface area contributed by atoms with Gasteiger partial charge in [-0.2, -0.15) is 0 Å². The van der Waals surface area contributed by atoms with E-state index in [2.05, 4.69) is 5.32 Å². The second-order valence-electron chi connectivity index (χ2n) is 7.63. The summed E-state index contributed by atoms with van der Waals surface area (Å²) in [6.45, 7) is 7.36. The Morgan fingerprint density at radius 2 is 1.59 bits per heavy atom. The van der Waals surface area contributed by atoms with Crippen LogP contribution in [-0.2, 0) is 16.0 Å². The van der Waals surface area contributed by atoms with Crippen molar-refractivity contribution in [3.63, 3.8) is 0 Å². The van der Waals surface area contributed by atoms with Crippen LogP contribution >= 0.6 is 0 Å². The summed E-state index contributed by atoms with van der Waals surface area (Å²) < 4.78 is 0. The summed E-state index contributed by atoms with van der Waals surface area (Å²) in [5.74, 6) is 0.176. The van der Waals surface area contributed by atoms with Crippen LogP contribution in [0.3, 0.4) is 0 Å². The first-order valence-corrected chi connectivity index (χ1v) is 9.64. The van der Waals surface area contributed by atoms with Crippen LogP contribution in [0.5, 0.6) is 0 Å². The van der Waals surface area contributed by atoms with E-state index in [9.17, 15) is 9.59 Å². The molecule has 0 bridgehead atoms. The minimum Gasteiger partial charge on any atom is -0.342 e. The SMILES string of the molecule is Cc1ccc(CC(=O)N2CCC(C(=O)Nc3cc(C)ccc3C)CC2)cc1. The summed E-state index contributed by atoms with van der Waals surface area (Å²) >= 11 is 0. The van der Waals surface area contributed by atoms with Crippen LogP contribution < -0.4 is 5.32 Å². The Balaban J connectivity index is 1.52. The zero-order chi connectivity index (χ0) is 19.4. The largest absolute Gasteiger partial charge is 0.342 e. The Morgan fingerprint density at radius 3 is 2.26 bits per heavy atom. The fourth-order valence-electron chi connectivity index (χ4n) is 3.49. The van der Waals surface area contributed by atoms with Crippen molar-refractivity contribution in [2.24, 2.45) is 5.92 Å². The number of benzene rings is 2. The van der Waals surface area contributed by atoms with Crippen molar-refractivity contribution in [1.29, 1.82) is 0 Å². The number of hydrogen-bond acceptors (Lipinski definition) is 2. The lowest BCUT2D eigenvalue weighted by Gasteiger charge is -2.31. The maximum Gasteiger partial charge on any atom is 0.227 e. The monoisotopic (exact) mass is 364 g/mol. The summed E-state index contributed by atoms with van der Waals surface area (Å²) in [4.78, 5) is 27.0. The molecule has 2 amide bonds. The number of carbonyl (C=O) groups is 2. The van der Waals surface area contributed by atoms with Gasteiger partial charge in [-0.15, -0.1) is 0 Å². The van der Waals surface area contributed by atoms with Gasteiger partial charge < -0.3 is 10.2 Å². The number of nitrogens with one attached hydrogen (secondary N) is 1. The summed E-state index contributed by atoms with van der Waals surface area (Å²) in [6.07, 6.45) is 1.87. The molecule has 0 radical (unpaired) electrons. The highest BCUT2D eigenvalue weighted by molar-refractivity contribution is 5.93. The zero-order valence-electron chi connectivity index (χ0n) is 16.4. The molecule has 0 spiro atoms. The Morgan fingerprint density at radius 1 is 0.963 bits per heavy atom. The number of anilines is 1. The Hall–Kier alpha value is -2.62. The highest BCUT2D eigenvalue weighted by Gasteiger charge is 2.27. The van der Waals surface area contributed by atoms with Gasteiger partial charge in [0.25, 0.3) is 0 Å². The van der Waals surface area contributed by atoms with Gasteiger partial charge in [0.1, 0.15) is 0 Å². The number of hydrogen-bond donors (Lipinski definition) is 1. The topological polar surface area (TPSA) is 49.4 Å². The first-order chi connectivity index (χ1) is 12.9. The molecule has 27 heavy (non-hydrogen) atoms. The molecule has 0 aromatic heterocycles. The second-order valence-corrected chi connectivity index (χ2v) is 7.63. The second kappa shape index (κ2) is 8.38. The number of nitrogens with zero attached hydrogens (tertiary/aromatic N) is 1. The smallest absolute Gasteiger partial charge is 0.227 e. The van der Waals surface area contributed by atoms with Crippen LogP contribution in [0, 0.1) is 26.7 Å². The molecule has 1 aliphatic heterocycles. The summed E-state index contributed by atoms with van der Waals surface area (Å²) in [5.41, 5.74) is 5.33. The van der Waals surface area contributed by atoms with Gasteiger partial charge >= 0.3 is 0 Å². The van der Waals surface area contributed by atoms with Gasteiger partial charge in [0.2, 0.25) is 11.8 Å². The molecule has 3 rings (SSSR count). The maximum atomic E-state index is 12.6. The summed E-state index contributed by atoms with van der Waals surface area (Å²) in [7, 11) is 0. The van der Waals surface area contributed by atoms with Crippen molar-refractivity contribution in [2.45, 2.75) is 40.0 Å². The third-order valence-electron chi connectivity index (χ3n) is 5.35. The Bertz CT molecular complexity index is 819. The van der Waals surface area contributed by atoms with Crippen molar-refractivity contribution in [1.82, 2.24) is 4.90 Å². The predicted octanol–water partition coefficient (Wildman–Crippen LogP) is 4.03. The zero-order valence-corrected chi connectivity index (χ0v) is 16.4. The van der Waals surface area contributed by atoms with Crippen molar-refractivity contribution in [3.8, 4) is 0 Å². The number of amides is 2. The molecule has 0 saturated carbocycles. The van der Waals surface area contributed by atoms with E-state index in [4.69, 9.17) is 0 Å². The molecule has 2 aromatic carbocycles. The van der Waals surface area contributed by atoms with Gasteiger partial charge in [0.15, 0.2) is 0 Å². The quantitative estimate of drug-likeness (QED) is 0.890. The lowest BCUT2D eigenvalue weighted by atomic mass is 9.95. The lowest BCUT2D eigenvalue weighted by molar-refractivity contribution is -0.133. The average Bonchev–Trinajstić information content (AvgIpc) is 2.66. The van der Waals surface area contributed by atoms with E-state index in [1.807, 2.05) is 68.1 Å². The van der Waals surface area contributed by atoms with Crippen molar-refractivity contribution in [3.05, 3.63) is 64.7 Å². The molecule has 4 nitrogen and oxygen atoms in total. The standard InChI is InChI=1S/C23H28N2O2/c1-16-5-8-19(9-6-16)15-22(26)25-12-10-20(11-13-25)23(27)24-21-14-17(2)4-7-18(21)3/h4-9,14,20H,10-13,15H2,1-3H3,(H,24,27). The normalized spacial score (nSPS) is 14.9. The molecule has 1 N–H and O–H groups in total. The lowest BCUT2D eigenvalue weighted by Crippen LogP contribution is -2.42. The van der Waals surface area contributed by atoms with E-state index in [1.54, 1.807) is 0 Å². The van der Waals surface area contributed by atoms with Gasteiger partial charge in [-0.25, -0.2) is 0 Å². The average molecular weight is 364 g/mol. The van der Waals surface area contributed by atoms with Crippen LogP contribution in [0.1, 0.15) is 35.1 Å². The molecule has 4 heteroatoms. The van der Waals surface area contributed by atoms with E-state index in [-0.39, 0.29) is 17.7 Å². The molecule has 1 heterocycles. The minimum absolute atomic E-state index is 0.0339. The van der Waals surface area contributed by atoms with Crippen molar-refractivity contribution >= 4 is 17.5 Å². The van der Waals surface area contributed by atoms with Gasteiger partial charge in [0, 0.05) is 24.7 Å². The summed E-state index contributed by atoms with van der Waals surface area (Å²) in [5, 5.41) is 3.07. The number of rotatable bonds is 4. The van der Waals surface area contributed by atoms with E-state index in [1.165, 1.54) is 5.56 Å². The van der Waals surface area contributed by atoms with E-state index in [0.29, 0.717) is 19.5 Å². The highest BCUT2D eigenvalue weighted by Crippen LogP contribution is 2.22. The van der Waals surface area contributed by atoms with Gasteiger partial charge in [-0.05, 0) is 56.4 Å². The molecule has 1 saturated heterocycles. The molecular weight excluding hydrogens is 336 g/mol. The van der Waals surface area contributed by atoms with Crippen molar-refractivity contribution in [2.75, 3.05) is 18.4 Å². The minimum atomic E-state index is -0.0339. The van der Waals surface area contributed by atoms with E-state index in [0.717, 1.165) is 35.2 Å². The maximum absolute atomic E-state index is 12.6. The van der Waals surface area contributed by atoms with Crippen LogP contribution in [0.15, 0.2) is 42.5 Å². The Labute approximate surface area is 161 Å². The fraction of sp³-hybridized carbons (Fsp3) is 0.391. The van der Waals surface area contributed by atoms with E-state index >= 15 is 0 Å². The third-order valence-corrected chi connectivity index (χ3v) is 5.35. The molecule has 1 aliphatic rings.